The summed E-state index contributed by atoms with van der Waals surface area (Å²) in [6.45, 7) is 3.06. The molecule has 0 bridgehead atoms. The standard InChI is InChI=1S/C10H13NO6/c1-6(12)15-5-10(17-8(3)14)9(4-11)16-7(2)13/h9-10H,5H2,1-3H3/t9-,10+/m0/s1. The summed E-state index contributed by atoms with van der Waals surface area (Å²) >= 11 is 0. The molecule has 0 aromatic rings. The Hall–Kier alpha value is -2.10. The van der Waals surface area contributed by atoms with Crippen molar-refractivity contribution < 1.29 is 28.6 Å². The second kappa shape index (κ2) is 7.22. The highest BCUT2D eigenvalue weighted by Gasteiger charge is 2.28. The van der Waals surface area contributed by atoms with Gasteiger partial charge in [-0.25, -0.2) is 0 Å². The van der Waals surface area contributed by atoms with E-state index < -0.39 is 30.1 Å². The Morgan fingerprint density at radius 3 is 1.94 bits per heavy atom. The Morgan fingerprint density at radius 1 is 1.06 bits per heavy atom. The van der Waals surface area contributed by atoms with E-state index in [2.05, 4.69) is 9.47 Å². The van der Waals surface area contributed by atoms with Gasteiger partial charge in [-0.1, -0.05) is 0 Å². The molecule has 0 rings (SSSR count). The summed E-state index contributed by atoms with van der Waals surface area (Å²) < 4.78 is 14.0. The first-order chi connectivity index (χ1) is 7.86. The molecule has 94 valence electrons. The molecule has 0 N–H and O–H groups in total. The van der Waals surface area contributed by atoms with Crippen LogP contribution >= 0.6 is 0 Å². The van der Waals surface area contributed by atoms with Crippen molar-refractivity contribution in [3.63, 3.8) is 0 Å². The summed E-state index contributed by atoms with van der Waals surface area (Å²) in [7, 11) is 0. The molecule has 0 spiro atoms. The Labute approximate surface area is 98.2 Å². The van der Waals surface area contributed by atoms with Crippen molar-refractivity contribution in [2.75, 3.05) is 6.61 Å². The quantitative estimate of drug-likeness (QED) is 0.492. The maximum atomic E-state index is 10.8. The van der Waals surface area contributed by atoms with Crippen LogP contribution in [0, 0.1) is 11.3 Å². The van der Waals surface area contributed by atoms with E-state index in [0.29, 0.717) is 0 Å². The summed E-state index contributed by atoms with van der Waals surface area (Å²) in [5.74, 6) is -1.97. The van der Waals surface area contributed by atoms with E-state index in [1.165, 1.54) is 0 Å². The van der Waals surface area contributed by atoms with Gasteiger partial charge in [0.2, 0.25) is 6.10 Å². The molecular formula is C10H13NO6. The molecule has 0 saturated carbocycles. The molecule has 0 aromatic carbocycles. The van der Waals surface area contributed by atoms with Crippen LogP contribution in [-0.2, 0) is 28.6 Å². The minimum absolute atomic E-state index is 0.347. The second-order valence-electron chi connectivity index (χ2n) is 3.11. The summed E-state index contributed by atoms with van der Waals surface area (Å²) in [5.41, 5.74) is 0. The monoisotopic (exact) mass is 243 g/mol. The van der Waals surface area contributed by atoms with E-state index in [1.807, 2.05) is 0 Å². The van der Waals surface area contributed by atoms with Gasteiger partial charge >= 0.3 is 17.9 Å². The number of rotatable bonds is 5. The molecule has 0 unspecified atom stereocenters. The number of hydrogen-bond donors (Lipinski definition) is 0. The molecule has 0 aliphatic heterocycles. The topological polar surface area (TPSA) is 103 Å². The molecule has 0 aromatic heterocycles. The van der Waals surface area contributed by atoms with Crippen LogP contribution in [0.25, 0.3) is 0 Å². The first-order valence-corrected chi connectivity index (χ1v) is 4.74. The largest absolute Gasteiger partial charge is 0.462 e. The minimum atomic E-state index is -1.31. The van der Waals surface area contributed by atoms with Gasteiger partial charge in [-0.05, 0) is 0 Å². The van der Waals surface area contributed by atoms with E-state index >= 15 is 0 Å². The highest BCUT2D eigenvalue weighted by molar-refractivity contribution is 5.68. The smallest absolute Gasteiger partial charge is 0.304 e. The molecule has 0 aliphatic carbocycles. The highest BCUT2D eigenvalue weighted by atomic mass is 16.6. The Balaban J connectivity index is 4.62. The summed E-state index contributed by atoms with van der Waals surface area (Å²) in [6, 6.07) is 1.65. The van der Waals surface area contributed by atoms with Crippen molar-refractivity contribution >= 4 is 17.9 Å². The van der Waals surface area contributed by atoms with Gasteiger partial charge in [0.15, 0.2) is 6.10 Å². The average molecular weight is 243 g/mol. The average Bonchev–Trinajstić information content (AvgIpc) is 2.20. The fourth-order valence-electron chi connectivity index (χ4n) is 0.960. The molecule has 0 saturated heterocycles. The zero-order valence-corrected chi connectivity index (χ0v) is 9.76. The summed E-state index contributed by atoms with van der Waals surface area (Å²) in [5, 5.41) is 8.76. The lowest BCUT2D eigenvalue weighted by molar-refractivity contribution is -0.168. The predicted molar refractivity (Wildman–Crippen MR) is 53.4 cm³/mol. The van der Waals surface area contributed by atoms with E-state index in [-0.39, 0.29) is 6.61 Å². The molecule has 7 nitrogen and oxygen atoms in total. The molecule has 0 radical (unpaired) electrons. The number of nitrogens with zero attached hydrogens (tertiary/aromatic N) is 1. The van der Waals surface area contributed by atoms with Gasteiger partial charge in [-0.3, -0.25) is 14.4 Å². The van der Waals surface area contributed by atoms with Gasteiger partial charge in [-0.2, -0.15) is 5.26 Å². The van der Waals surface area contributed by atoms with Gasteiger partial charge in [0.05, 0.1) is 0 Å². The number of nitriles is 1. The summed E-state index contributed by atoms with van der Waals surface area (Å²) in [6.07, 6.45) is -2.44. The molecule has 7 heteroatoms. The first kappa shape index (κ1) is 14.9. The Bertz CT molecular complexity index is 345. The summed E-state index contributed by atoms with van der Waals surface area (Å²) in [4.78, 5) is 32.1. The van der Waals surface area contributed by atoms with Crippen LogP contribution in [-0.4, -0.2) is 36.7 Å². The lowest BCUT2D eigenvalue weighted by atomic mass is 10.2. The molecule has 0 aliphatic rings. The third kappa shape index (κ3) is 6.89. The van der Waals surface area contributed by atoms with Gasteiger partial charge in [0.1, 0.15) is 12.7 Å². The number of carbonyl (C=O) groups excluding carboxylic acids is 3. The van der Waals surface area contributed by atoms with Crippen LogP contribution in [0.5, 0.6) is 0 Å². The first-order valence-electron chi connectivity index (χ1n) is 4.74. The van der Waals surface area contributed by atoms with Gasteiger partial charge in [0, 0.05) is 20.8 Å². The second-order valence-corrected chi connectivity index (χ2v) is 3.11. The van der Waals surface area contributed by atoms with Crippen molar-refractivity contribution in [2.45, 2.75) is 33.0 Å². The van der Waals surface area contributed by atoms with Crippen LogP contribution in [0.1, 0.15) is 20.8 Å². The van der Waals surface area contributed by atoms with Crippen molar-refractivity contribution in [3.8, 4) is 6.07 Å². The van der Waals surface area contributed by atoms with Crippen LogP contribution < -0.4 is 0 Å². The Kier molecular flexibility index (Phi) is 6.33. The van der Waals surface area contributed by atoms with E-state index in [1.54, 1.807) is 6.07 Å². The predicted octanol–water partition coefficient (Wildman–Crippen LogP) is -0.0635. The molecule has 2 atom stereocenters. The lowest BCUT2D eigenvalue weighted by Gasteiger charge is -2.20. The molecular weight excluding hydrogens is 230 g/mol. The maximum absolute atomic E-state index is 10.8. The van der Waals surface area contributed by atoms with E-state index in [4.69, 9.17) is 10.00 Å². The third-order valence-corrected chi connectivity index (χ3v) is 1.53. The van der Waals surface area contributed by atoms with Gasteiger partial charge < -0.3 is 14.2 Å². The maximum Gasteiger partial charge on any atom is 0.304 e. The van der Waals surface area contributed by atoms with Crippen molar-refractivity contribution in [3.05, 3.63) is 0 Å². The number of ether oxygens (including phenoxy) is 3. The van der Waals surface area contributed by atoms with Gasteiger partial charge in [-0.15, -0.1) is 0 Å². The highest BCUT2D eigenvalue weighted by Crippen LogP contribution is 2.06. The fraction of sp³-hybridized carbons (Fsp3) is 0.600. The zero-order valence-electron chi connectivity index (χ0n) is 9.76. The minimum Gasteiger partial charge on any atom is -0.462 e. The molecule has 17 heavy (non-hydrogen) atoms. The van der Waals surface area contributed by atoms with Crippen LogP contribution in [0.15, 0.2) is 0 Å². The molecule has 0 heterocycles. The number of esters is 3. The van der Waals surface area contributed by atoms with Crippen LogP contribution in [0.4, 0.5) is 0 Å². The SMILES string of the molecule is CC(=O)OC[C@@H](OC(C)=O)[C@H](C#N)OC(C)=O. The van der Waals surface area contributed by atoms with Crippen molar-refractivity contribution in [1.29, 1.82) is 5.26 Å². The molecule has 0 amide bonds. The normalized spacial score (nSPS) is 12.8. The fourth-order valence-corrected chi connectivity index (χ4v) is 0.960. The molecule has 0 fully saturated rings. The van der Waals surface area contributed by atoms with E-state index in [0.717, 1.165) is 20.8 Å². The van der Waals surface area contributed by atoms with Crippen LogP contribution in [0.2, 0.25) is 0 Å². The third-order valence-electron chi connectivity index (χ3n) is 1.53. The number of carbonyl (C=O) groups is 3. The zero-order chi connectivity index (χ0) is 13.4. The number of hydrogen-bond acceptors (Lipinski definition) is 7. The van der Waals surface area contributed by atoms with Crippen molar-refractivity contribution in [2.24, 2.45) is 0 Å². The lowest BCUT2D eigenvalue weighted by Crippen LogP contribution is -2.37. The van der Waals surface area contributed by atoms with E-state index in [9.17, 15) is 14.4 Å². The van der Waals surface area contributed by atoms with Crippen LogP contribution in [0.3, 0.4) is 0 Å². The Morgan fingerprint density at radius 2 is 1.59 bits per heavy atom. The van der Waals surface area contributed by atoms with Gasteiger partial charge in [0.25, 0.3) is 0 Å². The van der Waals surface area contributed by atoms with Crippen molar-refractivity contribution in [1.82, 2.24) is 0 Å².